The first kappa shape index (κ1) is 21.7. The van der Waals surface area contributed by atoms with Gasteiger partial charge in [-0.2, -0.15) is 13.2 Å². The SMILES string of the molecule is Cl.Cl.O=C(CC1COCCN1)N1CCN(CC(F)(F)F)CC1. The molecule has 1 unspecified atom stereocenters. The molecule has 132 valence electrons. The van der Waals surface area contributed by atoms with Crippen LogP contribution in [0.5, 0.6) is 0 Å². The Hall–Kier alpha value is -0.280. The second-order valence-electron chi connectivity index (χ2n) is 5.20. The minimum absolute atomic E-state index is 0. The van der Waals surface area contributed by atoms with E-state index in [4.69, 9.17) is 4.74 Å². The standard InChI is InChI=1S/C12H20F3N3O2.2ClH/c13-12(14,15)9-17-2-4-18(5-3-17)11(19)7-10-8-20-6-1-16-10;;/h10,16H,1-9H2;2*1H. The van der Waals surface area contributed by atoms with Crippen LogP contribution in [0.1, 0.15) is 6.42 Å². The first-order valence-electron chi connectivity index (χ1n) is 6.82. The van der Waals surface area contributed by atoms with Crippen molar-refractivity contribution < 1.29 is 22.7 Å². The lowest BCUT2D eigenvalue weighted by molar-refractivity contribution is -0.152. The number of halogens is 5. The molecule has 0 saturated carbocycles. The van der Waals surface area contributed by atoms with Gasteiger partial charge in [-0.05, 0) is 0 Å². The van der Waals surface area contributed by atoms with Gasteiger partial charge in [0.25, 0.3) is 0 Å². The summed E-state index contributed by atoms with van der Waals surface area (Å²) >= 11 is 0. The number of morpholine rings is 1. The highest BCUT2D eigenvalue weighted by Crippen LogP contribution is 2.17. The van der Waals surface area contributed by atoms with E-state index < -0.39 is 12.7 Å². The maximum absolute atomic E-state index is 12.3. The minimum atomic E-state index is -4.17. The van der Waals surface area contributed by atoms with Crippen LogP contribution in [0.4, 0.5) is 13.2 Å². The molecular weight excluding hydrogens is 346 g/mol. The lowest BCUT2D eigenvalue weighted by Gasteiger charge is -2.36. The average molecular weight is 368 g/mol. The van der Waals surface area contributed by atoms with Crippen LogP contribution in [-0.2, 0) is 9.53 Å². The number of rotatable bonds is 3. The van der Waals surface area contributed by atoms with Crippen molar-refractivity contribution in [1.29, 1.82) is 0 Å². The van der Waals surface area contributed by atoms with Crippen LogP contribution < -0.4 is 5.32 Å². The number of nitrogens with one attached hydrogen (secondary N) is 1. The summed E-state index contributed by atoms with van der Waals surface area (Å²) in [5.41, 5.74) is 0. The first-order valence-corrected chi connectivity index (χ1v) is 6.82. The lowest BCUT2D eigenvalue weighted by Crippen LogP contribution is -2.52. The average Bonchev–Trinajstić information content (AvgIpc) is 2.39. The Morgan fingerprint density at radius 2 is 1.82 bits per heavy atom. The van der Waals surface area contributed by atoms with Gasteiger partial charge in [-0.3, -0.25) is 9.69 Å². The monoisotopic (exact) mass is 367 g/mol. The Morgan fingerprint density at radius 3 is 2.32 bits per heavy atom. The highest BCUT2D eigenvalue weighted by molar-refractivity contribution is 5.85. The molecule has 2 saturated heterocycles. The lowest BCUT2D eigenvalue weighted by atomic mass is 10.1. The zero-order valence-corrected chi connectivity index (χ0v) is 13.7. The van der Waals surface area contributed by atoms with Gasteiger partial charge in [-0.1, -0.05) is 0 Å². The van der Waals surface area contributed by atoms with E-state index in [1.165, 1.54) is 4.90 Å². The van der Waals surface area contributed by atoms with Crippen molar-refractivity contribution >= 4 is 30.7 Å². The molecule has 2 aliphatic rings. The van der Waals surface area contributed by atoms with Crippen molar-refractivity contribution in [2.24, 2.45) is 0 Å². The zero-order valence-electron chi connectivity index (χ0n) is 12.1. The number of ether oxygens (including phenoxy) is 1. The molecule has 0 aromatic heterocycles. The van der Waals surface area contributed by atoms with Gasteiger partial charge in [0.05, 0.1) is 19.8 Å². The number of alkyl halides is 3. The van der Waals surface area contributed by atoms with Crippen LogP contribution in [0.2, 0.25) is 0 Å². The summed E-state index contributed by atoms with van der Waals surface area (Å²) in [6, 6.07) is 0.0180. The first-order chi connectivity index (χ1) is 9.44. The summed E-state index contributed by atoms with van der Waals surface area (Å²) in [5, 5.41) is 3.20. The summed E-state index contributed by atoms with van der Waals surface area (Å²) in [6.07, 6.45) is -3.82. The summed E-state index contributed by atoms with van der Waals surface area (Å²) in [7, 11) is 0. The maximum atomic E-state index is 12.3. The highest BCUT2D eigenvalue weighted by Gasteiger charge is 2.33. The van der Waals surface area contributed by atoms with Crippen LogP contribution in [0.25, 0.3) is 0 Å². The molecule has 2 fully saturated rings. The Kier molecular flexibility index (Phi) is 9.64. The molecule has 0 bridgehead atoms. The van der Waals surface area contributed by atoms with Gasteiger partial charge in [0.15, 0.2) is 0 Å². The molecule has 5 nitrogen and oxygen atoms in total. The smallest absolute Gasteiger partial charge is 0.378 e. The molecule has 0 aromatic rings. The fraction of sp³-hybridized carbons (Fsp3) is 0.917. The molecule has 10 heteroatoms. The van der Waals surface area contributed by atoms with Gasteiger partial charge >= 0.3 is 6.18 Å². The number of carbonyl (C=O) groups is 1. The minimum Gasteiger partial charge on any atom is -0.378 e. The summed E-state index contributed by atoms with van der Waals surface area (Å²) in [5.74, 6) is -0.0142. The molecule has 0 aliphatic carbocycles. The molecule has 2 aliphatic heterocycles. The van der Waals surface area contributed by atoms with E-state index in [9.17, 15) is 18.0 Å². The number of carbonyl (C=O) groups excluding carboxylic acids is 1. The van der Waals surface area contributed by atoms with Crippen LogP contribution in [0, 0.1) is 0 Å². The molecule has 0 aromatic carbocycles. The topological polar surface area (TPSA) is 44.8 Å². The van der Waals surface area contributed by atoms with Gasteiger partial charge in [-0.25, -0.2) is 0 Å². The number of piperazine rings is 1. The van der Waals surface area contributed by atoms with Crippen molar-refractivity contribution in [3.8, 4) is 0 Å². The number of hydrogen-bond acceptors (Lipinski definition) is 4. The van der Waals surface area contributed by atoms with Gasteiger partial charge in [-0.15, -0.1) is 24.8 Å². The Bertz CT molecular complexity index is 334. The van der Waals surface area contributed by atoms with Gasteiger partial charge in [0, 0.05) is 45.2 Å². The van der Waals surface area contributed by atoms with Crippen molar-refractivity contribution in [2.75, 3.05) is 52.5 Å². The van der Waals surface area contributed by atoms with Gasteiger partial charge in [0.1, 0.15) is 0 Å². The van der Waals surface area contributed by atoms with Crippen molar-refractivity contribution in [2.45, 2.75) is 18.6 Å². The normalized spacial score (nSPS) is 23.4. The van der Waals surface area contributed by atoms with Crippen LogP contribution in [0.3, 0.4) is 0 Å². The fourth-order valence-electron chi connectivity index (χ4n) is 2.50. The van der Waals surface area contributed by atoms with Gasteiger partial charge in [0.2, 0.25) is 5.91 Å². The Morgan fingerprint density at radius 1 is 1.18 bits per heavy atom. The third-order valence-corrected chi connectivity index (χ3v) is 3.55. The second-order valence-corrected chi connectivity index (χ2v) is 5.20. The van der Waals surface area contributed by atoms with Crippen molar-refractivity contribution in [3.05, 3.63) is 0 Å². The fourth-order valence-corrected chi connectivity index (χ4v) is 2.50. The van der Waals surface area contributed by atoms with E-state index in [1.807, 2.05) is 0 Å². The number of amides is 1. The Labute approximate surface area is 140 Å². The largest absolute Gasteiger partial charge is 0.401 e. The molecule has 2 heterocycles. The van der Waals surface area contributed by atoms with E-state index in [0.717, 1.165) is 6.54 Å². The quantitative estimate of drug-likeness (QED) is 0.805. The number of nitrogens with zero attached hydrogens (tertiary/aromatic N) is 2. The van der Waals surface area contributed by atoms with Crippen LogP contribution in [-0.4, -0.2) is 80.4 Å². The highest BCUT2D eigenvalue weighted by atomic mass is 35.5. The van der Waals surface area contributed by atoms with Crippen molar-refractivity contribution in [3.63, 3.8) is 0 Å². The zero-order chi connectivity index (χ0) is 14.6. The van der Waals surface area contributed by atoms with E-state index in [2.05, 4.69) is 5.32 Å². The summed E-state index contributed by atoms with van der Waals surface area (Å²) < 4.78 is 42.1. The van der Waals surface area contributed by atoms with Crippen LogP contribution in [0.15, 0.2) is 0 Å². The summed E-state index contributed by atoms with van der Waals surface area (Å²) in [4.78, 5) is 15.0. The van der Waals surface area contributed by atoms with E-state index in [-0.39, 0.29) is 49.9 Å². The molecule has 0 spiro atoms. The van der Waals surface area contributed by atoms with E-state index in [1.54, 1.807) is 4.90 Å². The summed E-state index contributed by atoms with van der Waals surface area (Å²) in [6.45, 7) is 2.29. The molecule has 1 atom stereocenters. The molecular formula is C12H22Cl2F3N3O2. The molecule has 1 amide bonds. The third kappa shape index (κ3) is 7.32. The van der Waals surface area contributed by atoms with Gasteiger partial charge < -0.3 is 15.0 Å². The van der Waals surface area contributed by atoms with Crippen molar-refractivity contribution in [1.82, 2.24) is 15.1 Å². The number of hydrogen-bond donors (Lipinski definition) is 1. The molecule has 1 N–H and O–H groups in total. The van der Waals surface area contributed by atoms with E-state index in [0.29, 0.717) is 32.7 Å². The maximum Gasteiger partial charge on any atom is 0.401 e. The third-order valence-electron chi connectivity index (χ3n) is 3.55. The Balaban J connectivity index is 0.00000220. The molecule has 22 heavy (non-hydrogen) atoms. The second kappa shape index (κ2) is 9.77. The predicted molar refractivity (Wildman–Crippen MR) is 80.8 cm³/mol. The molecule has 2 rings (SSSR count). The van der Waals surface area contributed by atoms with E-state index >= 15 is 0 Å². The van der Waals surface area contributed by atoms with Crippen LogP contribution >= 0.6 is 24.8 Å². The predicted octanol–water partition coefficient (Wildman–Crippen LogP) is 0.915. The molecule has 0 radical (unpaired) electrons.